The lowest BCUT2D eigenvalue weighted by Gasteiger charge is -2.21. The number of carbonyl (C=O) groups excluding carboxylic acids is 1. The van der Waals surface area contributed by atoms with Gasteiger partial charge in [0.15, 0.2) is 17.0 Å². The fourth-order valence-corrected chi connectivity index (χ4v) is 5.81. The third kappa shape index (κ3) is 5.70. The van der Waals surface area contributed by atoms with Crippen molar-refractivity contribution >= 4 is 34.8 Å². The molecule has 1 aliphatic rings. The van der Waals surface area contributed by atoms with Gasteiger partial charge in [-0.2, -0.15) is 18.6 Å². The maximum atomic E-state index is 13.9. The van der Waals surface area contributed by atoms with Crippen LogP contribution in [0.2, 0.25) is 10.2 Å². The molecule has 0 saturated heterocycles. The fraction of sp³-hybridized carbons (Fsp3) is 0.233. The molecule has 43 heavy (non-hydrogen) atoms. The minimum Gasteiger partial charge on any atom is -0.618 e. The fourth-order valence-electron chi connectivity index (χ4n) is 5.51. The molecule has 6 rings (SSSR count). The Bertz CT molecular complexity index is 1820. The third-order valence-corrected chi connectivity index (χ3v) is 8.07. The minimum atomic E-state index is -2.91. The van der Waals surface area contributed by atoms with Crippen molar-refractivity contribution in [1.82, 2.24) is 24.8 Å². The number of fused-ring (bicyclic) bond motifs is 4. The second-order valence-electron chi connectivity index (χ2n) is 10.4. The van der Waals surface area contributed by atoms with Crippen molar-refractivity contribution in [2.75, 3.05) is 5.32 Å². The lowest BCUT2D eigenvalue weighted by Crippen LogP contribution is -2.34. The van der Waals surface area contributed by atoms with Crippen molar-refractivity contribution in [3.63, 3.8) is 0 Å². The average molecular weight is 624 g/mol. The van der Waals surface area contributed by atoms with Crippen LogP contribution in [-0.2, 0) is 4.79 Å². The second kappa shape index (κ2) is 11.7. The van der Waals surface area contributed by atoms with Crippen molar-refractivity contribution in [3.8, 4) is 28.1 Å². The van der Waals surface area contributed by atoms with E-state index in [1.807, 2.05) is 12.1 Å². The van der Waals surface area contributed by atoms with Crippen LogP contribution in [-0.4, -0.2) is 30.7 Å². The van der Waals surface area contributed by atoms with Crippen molar-refractivity contribution in [2.24, 2.45) is 5.92 Å². The van der Waals surface area contributed by atoms with Gasteiger partial charge in [-0.1, -0.05) is 60.0 Å². The van der Waals surface area contributed by atoms with Crippen LogP contribution in [0.3, 0.4) is 0 Å². The lowest BCUT2D eigenvalue weighted by atomic mass is 9.86. The molecule has 0 aliphatic carbocycles. The van der Waals surface area contributed by atoms with E-state index in [0.29, 0.717) is 57.0 Å². The monoisotopic (exact) mass is 623 g/mol. The molecule has 9 nitrogen and oxygen atoms in total. The van der Waals surface area contributed by atoms with Gasteiger partial charge in [-0.25, -0.2) is 9.36 Å². The Kier molecular flexibility index (Phi) is 7.85. The van der Waals surface area contributed by atoms with E-state index in [4.69, 9.17) is 23.2 Å². The van der Waals surface area contributed by atoms with Crippen LogP contribution in [0.15, 0.2) is 73.2 Å². The first-order valence-corrected chi connectivity index (χ1v) is 14.3. The Morgan fingerprint density at radius 3 is 2.67 bits per heavy atom. The number of pyridine rings is 1. The maximum Gasteiger partial charge on any atom is 0.333 e. The van der Waals surface area contributed by atoms with E-state index < -0.39 is 6.55 Å². The summed E-state index contributed by atoms with van der Waals surface area (Å²) >= 11 is 12.3. The number of hydrogen-bond acceptors (Lipinski definition) is 5. The molecule has 2 atom stereocenters. The molecule has 5 aromatic rings. The van der Waals surface area contributed by atoms with Gasteiger partial charge in [0.05, 0.1) is 35.4 Å². The topological polar surface area (TPSA) is 105 Å². The highest BCUT2D eigenvalue weighted by molar-refractivity contribution is 6.31. The zero-order valence-electron chi connectivity index (χ0n) is 22.8. The summed E-state index contributed by atoms with van der Waals surface area (Å²) in [4.78, 5) is 12.9. The van der Waals surface area contributed by atoms with Gasteiger partial charge in [-0.05, 0) is 48.7 Å². The van der Waals surface area contributed by atoms with Gasteiger partial charge in [0, 0.05) is 33.7 Å². The largest absolute Gasteiger partial charge is 0.618 e. The Hall–Kier alpha value is -4.35. The predicted molar refractivity (Wildman–Crippen MR) is 158 cm³/mol. The molecule has 220 valence electrons. The number of anilines is 1. The first-order valence-electron chi connectivity index (χ1n) is 13.6. The number of alkyl halides is 2. The molecule has 3 aromatic heterocycles. The molecular weight excluding hydrogens is 599 g/mol. The summed E-state index contributed by atoms with van der Waals surface area (Å²) in [5.74, 6) is -1.03. The van der Waals surface area contributed by atoms with Gasteiger partial charge in [0.2, 0.25) is 5.91 Å². The zero-order valence-corrected chi connectivity index (χ0v) is 24.3. The molecule has 4 heterocycles. The highest BCUT2D eigenvalue weighted by atomic mass is 35.5. The van der Waals surface area contributed by atoms with E-state index in [-0.39, 0.29) is 34.3 Å². The number of rotatable bonds is 4. The van der Waals surface area contributed by atoms with E-state index >= 15 is 0 Å². The van der Waals surface area contributed by atoms with Crippen LogP contribution in [0.5, 0.6) is 0 Å². The summed E-state index contributed by atoms with van der Waals surface area (Å²) in [7, 11) is 0. The van der Waals surface area contributed by atoms with Gasteiger partial charge in [-0.3, -0.25) is 4.79 Å². The number of benzene rings is 2. The van der Waals surface area contributed by atoms with E-state index in [9.17, 15) is 18.8 Å². The Morgan fingerprint density at radius 1 is 1.09 bits per heavy atom. The molecule has 0 spiro atoms. The van der Waals surface area contributed by atoms with Gasteiger partial charge < -0.3 is 10.5 Å². The van der Waals surface area contributed by atoms with E-state index in [0.717, 1.165) is 10.3 Å². The molecule has 13 heteroatoms. The van der Waals surface area contributed by atoms with Crippen LogP contribution in [0.4, 0.5) is 14.5 Å². The number of nitrogens with zero attached hydrogens (tertiary/aromatic N) is 6. The van der Waals surface area contributed by atoms with Crippen LogP contribution in [0.1, 0.15) is 49.9 Å². The summed E-state index contributed by atoms with van der Waals surface area (Å²) in [6.07, 6.45) is 6.03. The smallest absolute Gasteiger partial charge is 0.333 e. The first kappa shape index (κ1) is 28.8. The zero-order chi connectivity index (χ0) is 30.2. The number of hydrogen-bond donors (Lipinski definition) is 1. The first-order chi connectivity index (χ1) is 20.7. The summed E-state index contributed by atoms with van der Waals surface area (Å²) in [6.45, 7) is -1.12. The van der Waals surface area contributed by atoms with Gasteiger partial charge in [-0.15, -0.1) is 5.10 Å². The molecule has 2 bridgehead atoms. The summed E-state index contributed by atoms with van der Waals surface area (Å²) < 4.78 is 30.8. The summed E-state index contributed by atoms with van der Waals surface area (Å²) in [5.41, 5.74) is 3.90. The SMILES string of the molecule is C[C@H]1CCC[C@@H](c2ccc(-c3cc(Cl)ccc3-n3cc(Cl)nn3)c[n+]2[O-])c2cccc(c2)-c2c(cnn2C(F)F)NC1=O. The second-order valence-corrected chi connectivity index (χ2v) is 11.3. The standard InChI is InChI=1S/C30H25Cl2F2N7O2/c1-17-4-2-7-22(18-5-3-6-19(12-18)28-24(36-29(17)42)14-35-41(28)30(33)34)26-10-8-20(15-40(26)43)23-13-21(31)9-11-25(23)39-16-27(32)37-38-39/h3,5-6,8-17,22,30H,2,4,7H2,1H3,(H,36,42)/t17-,22+/m0/s1. The molecule has 1 aliphatic heterocycles. The van der Waals surface area contributed by atoms with Gasteiger partial charge in [0.25, 0.3) is 0 Å². The van der Waals surface area contributed by atoms with Crippen LogP contribution >= 0.6 is 23.2 Å². The molecule has 0 unspecified atom stereocenters. The third-order valence-electron chi connectivity index (χ3n) is 7.66. The van der Waals surface area contributed by atoms with Crippen molar-refractivity contribution < 1.29 is 18.3 Å². The van der Waals surface area contributed by atoms with Crippen molar-refractivity contribution in [2.45, 2.75) is 38.7 Å². The summed E-state index contributed by atoms with van der Waals surface area (Å²) in [6, 6.07) is 15.9. The Balaban J connectivity index is 1.44. The maximum absolute atomic E-state index is 13.9. The Labute approximate surface area is 255 Å². The van der Waals surface area contributed by atoms with Crippen LogP contribution in [0.25, 0.3) is 28.1 Å². The molecule has 2 aromatic carbocycles. The highest BCUT2D eigenvalue weighted by Gasteiger charge is 2.28. The molecule has 0 fully saturated rings. The number of amides is 1. The normalized spacial score (nSPS) is 17.2. The van der Waals surface area contributed by atoms with Gasteiger partial charge >= 0.3 is 6.55 Å². The predicted octanol–water partition coefficient (Wildman–Crippen LogP) is 7.02. The molecule has 0 saturated carbocycles. The van der Waals surface area contributed by atoms with Gasteiger partial charge in [0.1, 0.15) is 0 Å². The molecular formula is C30H25Cl2F2N7O2. The lowest BCUT2D eigenvalue weighted by molar-refractivity contribution is -0.614. The number of carbonyl (C=O) groups is 1. The van der Waals surface area contributed by atoms with Crippen LogP contribution < -0.4 is 10.0 Å². The number of halogens is 4. The number of nitrogens with one attached hydrogen (secondary N) is 1. The van der Waals surface area contributed by atoms with E-state index in [2.05, 4.69) is 20.7 Å². The highest BCUT2D eigenvalue weighted by Crippen LogP contribution is 2.37. The van der Waals surface area contributed by atoms with E-state index in [1.54, 1.807) is 55.6 Å². The molecule has 0 radical (unpaired) electrons. The van der Waals surface area contributed by atoms with Crippen LogP contribution in [0, 0.1) is 11.1 Å². The quantitative estimate of drug-likeness (QED) is 0.171. The van der Waals surface area contributed by atoms with Crippen molar-refractivity contribution in [3.05, 3.63) is 99.8 Å². The number of aromatic nitrogens is 6. The molecule has 1 amide bonds. The average Bonchev–Trinajstić information content (AvgIpc) is 3.61. The Morgan fingerprint density at radius 2 is 1.93 bits per heavy atom. The molecule has 1 N–H and O–H groups in total. The van der Waals surface area contributed by atoms with E-state index in [1.165, 1.54) is 17.1 Å². The minimum absolute atomic E-state index is 0.101. The van der Waals surface area contributed by atoms with Crippen molar-refractivity contribution in [1.29, 1.82) is 0 Å². The summed E-state index contributed by atoms with van der Waals surface area (Å²) in [5, 5.41) is 28.9.